The van der Waals surface area contributed by atoms with Crippen molar-refractivity contribution in [2.45, 2.75) is 0 Å². The molecule has 0 radical (unpaired) electrons. The number of ketones is 1. The normalized spacial score (nSPS) is 10.8. The molecule has 0 amide bonds. The molecule has 1 aromatic heterocycles. The van der Waals surface area contributed by atoms with Gasteiger partial charge in [-0.15, -0.1) is 0 Å². The number of benzene rings is 2. The summed E-state index contributed by atoms with van der Waals surface area (Å²) in [6, 6.07) is 10.7. The largest absolute Gasteiger partial charge is 0.497 e. The van der Waals surface area contributed by atoms with Gasteiger partial charge >= 0.3 is 0 Å². The number of aromatic amines is 1. The van der Waals surface area contributed by atoms with Gasteiger partial charge in [0.15, 0.2) is 5.78 Å². The summed E-state index contributed by atoms with van der Waals surface area (Å²) >= 11 is 9.30. The number of carbonyl (C=O) groups excluding carboxylic acids is 1. The van der Waals surface area contributed by atoms with E-state index in [2.05, 4.69) is 20.9 Å². The number of rotatable bonds is 3. The lowest BCUT2D eigenvalue weighted by Crippen LogP contribution is -2.01. The Morgan fingerprint density at radius 2 is 2.00 bits per heavy atom. The van der Waals surface area contributed by atoms with E-state index in [0.717, 1.165) is 10.9 Å². The molecule has 1 heterocycles. The molecular weight excluding hydrogens is 354 g/mol. The first-order valence-electron chi connectivity index (χ1n) is 6.25. The molecular formula is C16H11BrClNO2. The summed E-state index contributed by atoms with van der Waals surface area (Å²) < 4.78 is 5.90. The highest BCUT2D eigenvalue weighted by Gasteiger charge is 2.17. The van der Waals surface area contributed by atoms with Crippen LogP contribution in [0.3, 0.4) is 0 Å². The van der Waals surface area contributed by atoms with E-state index in [0.29, 0.717) is 26.4 Å². The Bertz CT molecular complexity index is 841. The average Bonchev–Trinajstić information content (AvgIpc) is 2.89. The number of H-pyrrole nitrogens is 1. The van der Waals surface area contributed by atoms with Crippen LogP contribution in [0.4, 0.5) is 0 Å². The number of hydrogen-bond donors (Lipinski definition) is 1. The van der Waals surface area contributed by atoms with Crippen molar-refractivity contribution in [3.63, 3.8) is 0 Å². The number of carbonyl (C=O) groups is 1. The molecule has 0 atom stereocenters. The topological polar surface area (TPSA) is 42.1 Å². The van der Waals surface area contributed by atoms with Crippen molar-refractivity contribution in [1.82, 2.24) is 4.98 Å². The molecule has 0 saturated carbocycles. The van der Waals surface area contributed by atoms with Gasteiger partial charge in [-0.05, 0) is 52.3 Å². The smallest absolute Gasteiger partial charge is 0.196 e. The van der Waals surface area contributed by atoms with Crippen LogP contribution in [0.25, 0.3) is 10.9 Å². The summed E-state index contributed by atoms with van der Waals surface area (Å²) in [6.45, 7) is 0. The van der Waals surface area contributed by atoms with Gasteiger partial charge in [-0.25, -0.2) is 0 Å². The van der Waals surface area contributed by atoms with E-state index >= 15 is 0 Å². The Morgan fingerprint density at radius 3 is 2.71 bits per heavy atom. The van der Waals surface area contributed by atoms with Crippen LogP contribution < -0.4 is 4.74 Å². The molecule has 2 aromatic carbocycles. The number of halogens is 2. The van der Waals surface area contributed by atoms with Gasteiger partial charge in [0.05, 0.1) is 7.11 Å². The molecule has 3 aromatic rings. The Balaban J connectivity index is 2.13. The zero-order chi connectivity index (χ0) is 15.0. The van der Waals surface area contributed by atoms with E-state index in [4.69, 9.17) is 16.3 Å². The molecule has 0 fully saturated rings. The number of hydrogen-bond acceptors (Lipinski definition) is 2. The second-order valence-electron chi connectivity index (χ2n) is 4.57. The summed E-state index contributed by atoms with van der Waals surface area (Å²) in [5, 5.41) is 1.42. The molecule has 0 saturated heterocycles. The summed E-state index contributed by atoms with van der Waals surface area (Å²) in [6.07, 6.45) is 1.72. The van der Waals surface area contributed by atoms with Crippen molar-refractivity contribution in [2.75, 3.05) is 7.11 Å². The van der Waals surface area contributed by atoms with Gasteiger partial charge < -0.3 is 9.72 Å². The Labute approximate surface area is 135 Å². The third kappa shape index (κ3) is 2.57. The third-order valence-corrected chi connectivity index (χ3v) is 4.20. The summed E-state index contributed by atoms with van der Waals surface area (Å²) in [7, 11) is 1.60. The van der Waals surface area contributed by atoms with Crippen LogP contribution in [0.2, 0.25) is 5.02 Å². The first kappa shape index (κ1) is 14.2. The SMILES string of the molecule is COc1ccc2[nH]cc(C(=O)c3ccc(Cl)cc3Br)c2c1. The number of nitrogens with one attached hydrogen (secondary N) is 1. The van der Waals surface area contributed by atoms with E-state index in [1.807, 2.05) is 18.2 Å². The monoisotopic (exact) mass is 363 g/mol. The first-order chi connectivity index (χ1) is 10.1. The Morgan fingerprint density at radius 1 is 1.19 bits per heavy atom. The van der Waals surface area contributed by atoms with Gasteiger partial charge in [0.25, 0.3) is 0 Å². The maximum Gasteiger partial charge on any atom is 0.196 e. The Hall–Kier alpha value is -1.78. The molecule has 3 nitrogen and oxygen atoms in total. The van der Waals surface area contributed by atoms with Crippen LogP contribution >= 0.6 is 27.5 Å². The highest BCUT2D eigenvalue weighted by molar-refractivity contribution is 9.10. The van der Waals surface area contributed by atoms with Crippen LogP contribution in [-0.4, -0.2) is 17.9 Å². The fourth-order valence-corrected chi connectivity index (χ4v) is 3.10. The van der Waals surface area contributed by atoms with Crippen molar-refractivity contribution in [3.8, 4) is 5.75 Å². The fourth-order valence-electron chi connectivity index (χ4n) is 2.23. The maximum atomic E-state index is 12.7. The highest BCUT2D eigenvalue weighted by Crippen LogP contribution is 2.28. The summed E-state index contributed by atoms with van der Waals surface area (Å²) in [4.78, 5) is 15.8. The molecule has 0 aliphatic rings. The zero-order valence-electron chi connectivity index (χ0n) is 11.1. The van der Waals surface area contributed by atoms with Crippen LogP contribution in [-0.2, 0) is 0 Å². The molecule has 0 aliphatic heterocycles. The van der Waals surface area contributed by atoms with Gasteiger partial charge in [0, 0.05) is 37.7 Å². The number of ether oxygens (including phenoxy) is 1. The number of aromatic nitrogens is 1. The minimum atomic E-state index is -0.0713. The lowest BCUT2D eigenvalue weighted by molar-refractivity contribution is 0.103. The van der Waals surface area contributed by atoms with E-state index in [1.165, 1.54) is 0 Å². The van der Waals surface area contributed by atoms with E-state index in [1.54, 1.807) is 31.5 Å². The lowest BCUT2D eigenvalue weighted by atomic mass is 10.0. The van der Waals surface area contributed by atoms with E-state index in [-0.39, 0.29) is 5.78 Å². The molecule has 5 heteroatoms. The van der Waals surface area contributed by atoms with E-state index < -0.39 is 0 Å². The standard InChI is InChI=1S/C16H11BrClNO2/c1-21-10-3-5-15-12(7-10)13(8-19-15)16(20)11-4-2-9(18)6-14(11)17/h2-8,19H,1H3. The van der Waals surface area contributed by atoms with Gasteiger partial charge in [0.1, 0.15) is 5.75 Å². The molecule has 3 rings (SSSR count). The molecule has 21 heavy (non-hydrogen) atoms. The second kappa shape index (κ2) is 5.54. The van der Waals surface area contributed by atoms with Crippen LogP contribution in [0, 0.1) is 0 Å². The van der Waals surface area contributed by atoms with Crippen molar-refractivity contribution in [3.05, 3.63) is 63.2 Å². The summed E-state index contributed by atoms with van der Waals surface area (Å²) in [5.41, 5.74) is 2.07. The molecule has 0 spiro atoms. The number of fused-ring (bicyclic) bond motifs is 1. The minimum Gasteiger partial charge on any atom is -0.497 e. The number of methoxy groups -OCH3 is 1. The van der Waals surface area contributed by atoms with E-state index in [9.17, 15) is 4.79 Å². The molecule has 0 bridgehead atoms. The molecule has 0 unspecified atom stereocenters. The molecule has 0 aliphatic carbocycles. The van der Waals surface area contributed by atoms with Crippen LogP contribution in [0.5, 0.6) is 5.75 Å². The van der Waals surface area contributed by atoms with Gasteiger partial charge in [-0.1, -0.05) is 11.6 Å². The van der Waals surface area contributed by atoms with Gasteiger partial charge in [-0.2, -0.15) is 0 Å². The quantitative estimate of drug-likeness (QED) is 0.677. The van der Waals surface area contributed by atoms with Crippen molar-refractivity contribution < 1.29 is 9.53 Å². The van der Waals surface area contributed by atoms with Gasteiger partial charge in [0.2, 0.25) is 0 Å². The molecule has 1 N–H and O–H groups in total. The Kier molecular flexibility index (Phi) is 3.74. The predicted molar refractivity (Wildman–Crippen MR) is 87.4 cm³/mol. The van der Waals surface area contributed by atoms with Gasteiger partial charge in [-0.3, -0.25) is 4.79 Å². The molecule has 106 valence electrons. The predicted octanol–water partition coefficient (Wildman–Crippen LogP) is 4.82. The average molecular weight is 365 g/mol. The fraction of sp³-hybridized carbons (Fsp3) is 0.0625. The maximum absolute atomic E-state index is 12.7. The van der Waals surface area contributed by atoms with Crippen molar-refractivity contribution in [1.29, 1.82) is 0 Å². The van der Waals surface area contributed by atoms with Crippen LogP contribution in [0.15, 0.2) is 47.1 Å². The minimum absolute atomic E-state index is 0.0713. The first-order valence-corrected chi connectivity index (χ1v) is 7.42. The van der Waals surface area contributed by atoms with Crippen LogP contribution in [0.1, 0.15) is 15.9 Å². The summed E-state index contributed by atoms with van der Waals surface area (Å²) in [5.74, 6) is 0.643. The zero-order valence-corrected chi connectivity index (χ0v) is 13.5. The third-order valence-electron chi connectivity index (χ3n) is 3.31. The second-order valence-corrected chi connectivity index (χ2v) is 5.86. The van der Waals surface area contributed by atoms with Crippen molar-refractivity contribution in [2.24, 2.45) is 0 Å². The highest BCUT2D eigenvalue weighted by atomic mass is 79.9. The van der Waals surface area contributed by atoms with Crippen molar-refractivity contribution >= 4 is 44.2 Å². The lowest BCUT2D eigenvalue weighted by Gasteiger charge is -2.04.